The molecule has 0 N–H and O–H groups in total. The van der Waals surface area contributed by atoms with Gasteiger partial charge in [-0.15, -0.1) is 0 Å². The molecule has 1 radical (unpaired) electrons. The molecule has 0 aliphatic carbocycles. The Morgan fingerprint density at radius 1 is 0.611 bits per heavy atom. The van der Waals surface area contributed by atoms with Crippen LogP contribution in [0.5, 0.6) is 0 Å². The minimum absolute atomic E-state index is 1.08. The summed E-state index contributed by atoms with van der Waals surface area (Å²) in [4.78, 5) is 0. The highest BCUT2D eigenvalue weighted by Gasteiger charge is 1.89. The third kappa shape index (κ3) is 15.5. The van der Waals surface area contributed by atoms with E-state index in [1.807, 2.05) is 0 Å². The van der Waals surface area contributed by atoms with Crippen molar-refractivity contribution in [3.63, 3.8) is 0 Å². The van der Waals surface area contributed by atoms with Gasteiger partial charge in [-0.1, -0.05) is 76.7 Å². The molecule has 0 amide bonds. The summed E-state index contributed by atoms with van der Waals surface area (Å²) < 4.78 is 0. The zero-order valence-corrected chi connectivity index (χ0v) is 12.5. The third-order valence-electron chi connectivity index (χ3n) is 3.38. The molecule has 0 aromatic heterocycles. The van der Waals surface area contributed by atoms with Crippen molar-refractivity contribution in [3.8, 4) is 0 Å². The molecule has 0 heteroatoms. The molecule has 0 aliphatic heterocycles. The van der Waals surface area contributed by atoms with Crippen molar-refractivity contribution in [2.24, 2.45) is 0 Å². The van der Waals surface area contributed by atoms with Crippen LogP contribution in [0.3, 0.4) is 0 Å². The van der Waals surface area contributed by atoms with Crippen LogP contribution in [-0.4, -0.2) is 0 Å². The summed E-state index contributed by atoms with van der Waals surface area (Å²) in [6.45, 7) is 7.61. The van der Waals surface area contributed by atoms with Gasteiger partial charge in [-0.25, -0.2) is 0 Å². The summed E-state index contributed by atoms with van der Waals surface area (Å²) in [5, 5.41) is 0. The first kappa shape index (κ1) is 17.5. The zero-order valence-electron chi connectivity index (χ0n) is 12.5. The normalized spacial score (nSPS) is 11.2. The van der Waals surface area contributed by atoms with Gasteiger partial charge in [0.2, 0.25) is 0 Å². The van der Waals surface area contributed by atoms with E-state index in [9.17, 15) is 0 Å². The number of hydrogen-bond acceptors (Lipinski definition) is 0. The fourth-order valence-electron chi connectivity index (χ4n) is 2.16. The highest BCUT2D eigenvalue weighted by molar-refractivity contribution is 4.81. The summed E-state index contributed by atoms with van der Waals surface area (Å²) in [6.07, 6.45) is 23.9. The lowest BCUT2D eigenvalue weighted by molar-refractivity contribution is 0.620. The average molecular weight is 249 g/mol. The van der Waals surface area contributed by atoms with Crippen LogP contribution < -0.4 is 0 Å². The van der Waals surface area contributed by atoms with Crippen molar-refractivity contribution in [1.82, 2.24) is 0 Å². The molecule has 0 saturated heterocycles. The number of rotatable bonds is 14. The van der Waals surface area contributed by atoms with Crippen LogP contribution in [0.25, 0.3) is 0 Å². The lowest BCUT2D eigenvalue weighted by atomic mass is 10.1. The molecule has 0 bridgehead atoms. The Morgan fingerprint density at radius 3 is 1.56 bits per heavy atom. The van der Waals surface area contributed by atoms with Gasteiger partial charge in [0.15, 0.2) is 0 Å². The SMILES string of the molecule is [CH]=CCCCCCCCC=CCCCCCCC. The summed E-state index contributed by atoms with van der Waals surface area (Å²) in [6, 6.07) is 0. The van der Waals surface area contributed by atoms with E-state index in [1.54, 1.807) is 6.08 Å². The summed E-state index contributed by atoms with van der Waals surface area (Å²) in [5.41, 5.74) is 0. The van der Waals surface area contributed by atoms with Crippen molar-refractivity contribution < 1.29 is 0 Å². The van der Waals surface area contributed by atoms with Crippen LogP contribution in [0.1, 0.15) is 90.4 Å². The number of hydrogen-bond donors (Lipinski definition) is 0. The van der Waals surface area contributed by atoms with Crippen LogP contribution in [0.2, 0.25) is 0 Å². The fraction of sp³-hybridized carbons (Fsp3) is 0.778. The third-order valence-corrected chi connectivity index (χ3v) is 3.38. The Labute approximate surface area is 116 Å². The Bertz CT molecular complexity index is 178. The lowest BCUT2D eigenvalue weighted by Crippen LogP contribution is -1.78. The molecule has 0 spiro atoms. The molecule has 0 heterocycles. The number of unbranched alkanes of at least 4 members (excludes halogenated alkanes) is 11. The highest BCUT2D eigenvalue weighted by atomic mass is 14.0. The van der Waals surface area contributed by atoms with E-state index in [0.717, 1.165) is 6.42 Å². The average Bonchev–Trinajstić information content (AvgIpc) is 2.39. The first-order chi connectivity index (χ1) is 8.91. The van der Waals surface area contributed by atoms with Gasteiger partial charge >= 0.3 is 0 Å². The maximum atomic E-state index is 5.34. The van der Waals surface area contributed by atoms with Gasteiger partial charge in [-0.05, 0) is 38.5 Å². The molecule has 0 unspecified atom stereocenters. The van der Waals surface area contributed by atoms with Crippen LogP contribution in [0.15, 0.2) is 18.2 Å². The Hall–Kier alpha value is -0.520. The quantitative estimate of drug-likeness (QED) is 0.239. The second-order valence-electron chi connectivity index (χ2n) is 5.26. The van der Waals surface area contributed by atoms with Gasteiger partial charge in [0, 0.05) is 0 Å². The van der Waals surface area contributed by atoms with E-state index >= 15 is 0 Å². The first-order valence-electron chi connectivity index (χ1n) is 8.10. The molecule has 18 heavy (non-hydrogen) atoms. The van der Waals surface area contributed by atoms with Gasteiger partial charge < -0.3 is 0 Å². The van der Waals surface area contributed by atoms with E-state index in [0.29, 0.717) is 0 Å². The molecule has 0 aromatic rings. The van der Waals surface area contributed by atoms with E-state index in [2.05, 4.69) is 19.1 Å². The van der Waals surface area contributed by atoms with Crippen LogP contribution in [0.4, 0.5) is 0 Å². The summed E-state index contributed by atoms with van der Waals surface area (Å²) in [5.74, 6) is 0. The van der Waals surface area contributed by atoms with Crippen LogP contribution in [-0.2, 0) is 0 Å². The van der Waals surface area contributed by atoms with Gasteiger partial charge in [0.25, 0.3) is 0 Å². The van der Waals surface area contributed by atoms with E-state index in [4.69, 9.17) is 6.58 Å². The molecule has 0 aromatic carbocycles. The largest absolute Gasteiger partial charge is 0.0885 e. The van der Waals surface area contributed by atoms with Gasteiger partial charge in [0.1, 0.15) is 0 Å². The smallest absolute Gasteiger partial charge is 0.0348 e. The Morgan fingerprint density at radius 2 is 1.06 bits per heavy atom. The maximum Gasteiger partial charge on any atom is -0.0348 e. The fourth-order valence-corrected chi connectivity index (χ4v) is 2.16. The van der Waals surface area contributed by atoms with E-state index in [-0.39, 0.29) is 0 Å². The van der Waals surface area contributed by atoms with Crippen molar-refractivity contribution in [1.29, 1.82) is 0 Å². The predicted octanol–water partition coefficient (Wildman–Crippen LogP) is 6.62. The first-order valence-corrected chi connectivity index (χ1v) is 8.10. The van der Waals surface area contributed by atoms with Gasteiger partial charge in [-0.2, -0.15) is 0 Å². The van der Waals surface area contributed by atoms with Crippen LogP contribution in [0, 0.1) is 6.58 Å². The minimum atomic E-state index is 1.08. The van der Waals surface area contributed by atoms with Gasteiger partial charge in [0.05, 0.1) is 0 Å². The maximum absolute atomic E-state index is 5.34. The molecular formula is C18H33. The topological polar surface area (TPSA) is 0 Å². The summed E-state index contributed by atoms with van der Waals surface area (Å²) in [7, 11) is 0. The standard InChI is InChI=1S/C18H33/c1-3-5-7-9-11-13-15-17-18-16-14-12-10-8-6-4-2/h1,3,16,18H,4-15,17H2,2H3. The lowest BCUT2D eigenvalue weighted by Gasteiger charge is -1.98. The molecule has 0 fully saturated rings. The second-order valence-corrected chi connectivity index (χ2v) is 5.26. The van der Waals surface area contributed by atoms with E-state index < -0.39 is 0 Å². The molecule has 0 saturated carbocycles. The van der Waals surface area contributed by atoms with E-state index in [1.165, 1.54) is 77.0 Å². The molecule has 105 valence electrons. The Kier molecular flexibility index (Phi) is 16.0. The molecule has 0 nitrogen and oxygen atoms in total. The van der Waals surface area contributed by atoms with Crippen molar-refractivity contribution >= 4 is 0 Å². The Balaban J connectivity index is 3.02. The second kappa shape index (κ2) is 16.5. The van der Waals surface area contributed by atoms with Crippen molar-refractivity contribution in [3.05, 3.63) is 24.8 Å². The highest BCUT2D eigenvalue weighted by Crippen LogP contribution is 2.09. The number of allylic oxidation sites excluding steroid dienone is 3. The predicted molar refractivity (Wildman–Crippen MR) is 83.7 cm³/mol. The molecule has 0 atom stereocenters. The minimum Gasteiger partial charge on any atom is -0.0885 e. The molecular weight excluding hydrogens is 216 g/mol. The molecule has 0 aliphatic rings. The van der Waals surface area contributed by atoms with Crippen molar-refractivity contribution in [2.45, 2.75) is 90.4 Å². The van der Waals surface area contributed by atoms with Crippen LogP contribution >= 0.6 is 0 Å². The monoisotopic (exact) mass is 249 g/mol. The van der Waals surface area contributed by atoms with Crippen molar-refractivity contribution in [2.75, 3.05) is 0 Å². The van der Waals surface area contributed by atoms with Gasteiger partial charge in [-0.3, -0.25) is 0 Å². The molecule has 0 rings (SSSR count). The summed E-state index contributed by atoms with van der Waals surface area (Å²) >= 11 is 0. The zero-order chi connectivity index (χ0) is 13.3.